The van der Waals surface area contributed by atoms with Gasteiger partial charge >= 0.3 is 5.97 Å². The molecule has 0 spiro atoms. The summed E-state index contributed by atoms with van der Waals surface area (Å²) >= 11 is 1.25. The molecule has 23 heavy (non-hydrogen) atoms. The maximum atomic E-state index is 12.4. The number of para-hydroxylation sites is 1. The number of rotatable bonds is 4. The van der Waals surface area contributed by atoms with E-state index in [1.165, 1.54) is 26.0 Å². The van der Waals surface area contributed by atoms with E-state index in [1.54, 1.807) is 30.5 Å². The summed E-state index contributed by atoms with van der Waals surface area (Å²) in [6.45, 7) is 0. The van der Waals surface area contributed by atoms with Crippen molar-refractivity contribution in [2.45, 2.75) is 5.92 Å². The molecule has 6 nitrogen and oxygen atoms in total. The van der Waals surface area contributed by atoms with E-state index in [1.807, 2.05) is 0 Å². The predicted octanol–water partition coefficient (Wildman–Crippen LogP) is 1.80. The van der Waals surface area contributed by atoms with Crippen LogP contribution in [0.2, 0.25) is 0 Å². The van der Waals surface area contributed by atoms with Gasteiger partial charge in [-0.05, 0) is 12.3 Å². The zero-order valence-electron chi connectivity index (χ0n) is 13.0. The van der Waals surface area contributed by atoms with Crippen LogP contribution in [0.5, 0.6) is 5.75 Å². The Bertz CT molecular complexity index is 708. The van der Waals surface area contributed by atoms with E-state index in [4.69, 9.17) is 9.47 Å². The lowest BCUT2D eigenvalue weighted by Crippen LogP contribution is -2.44. The number of benzene rings is 1. The molecule has 1 N–H and O–H groups in total. The van der Waals surface area contributed by atoms with Crippen LogP contribution in [0.1, 0.15) is 11.5 Å². The summed E-state index contributed by atoms with van der Waals surface area (Å²) in [5, 5.41) is 12.6. The molecule has 120 valence electrons. The molecule has 7 heteroatoms. The van der Waals surface area contributed by atoms with Crippen LogP contribution in [0, 0.1) is 17.2 Å². The van der Waals surface area contributed by atoms with Crippen molar-refractivity contribution in [3.8, 4) is 11.8 Å². The minimum absolute atomic E-state index is 0.317. The van der Waals surface area contributed by atoms with Crippen molar-refractivity contribution < 1.29 is 19.1 Å². The summed E-state index contributed by atoms with van der Waals surface area (Å²) in [4.78, 5) is 24.6. The third kappa shape index (κ3) is 3.03. The van der Waals surface area contributed by atoms with E-state index in [9.17, 15) is 14.9 Å². The summed E-state index contributed by atoms with van der Waals surface area (Å²) in [6.07, 6.45) is 1.75. The molecule has 1 aromatic rings. The standard InChI is InChI=1S/C16H16N2O4S/c1-21-11-7-5-4-6-9(11)12-10(8-17)15(23-3)18-14(19)13(12)16(20)22-2/h4-7,12-13H,1-3H3,(H,18,19). The second-order valence-corrected chi connectivity index (χ2v) is 5.58. The van der Waals surface area contributed by atoms with Crippen molar-refractivity contribution in [2.24, 2.45) is 5.92 Å². The Labute approximate surface area is 138 Å². The number of esters is 1. The van der Waals surface area contributed by atoms with Crippen LogP contribution >= 0.6 is 11.8 Å². The molecule has 1 aliphatic heterocycles. The van der Waals surface area contributed by atoms with Crippen molar-refractivity contribution >= 4 is 23.6 Å². The van der Waals surface area contributed by atoms with E-state index >= 15 is 0 Å². The Balaban J connectivity index is 2.70. The zero-order valence-corrected chi connectivity index (χ0v) is 13.8. The van der Waals surface area contributed by atoms with Crippen molar-refractivity contribution in [3.63, 3.8) is 0 Å². The van der Waals surface area contributed by atoms with E-state index in [0.29, 0.717) is 21.9 Å². The molecule has 1 aromatic carbocycles. The van der Waals surface area contributed by atoms with Crippen LogP contribution in [0.3, 0.4) is 0 Å². The molecule has 1 amide bonds. The maximum absolute atomic E-state index is 12.4. The van der Waals surface area contributed by atoms with Gasteiger partial charge in [-0.15, -0.1) is 11.8 Å². The monoisotopic (exact) mass is 332 g/mol. The number of nitrogens with one attached hydrogen (secondary N) is 1. The number of ether oxygens (including phenoxy) is 2. The molecule has 2 unspecified atom stereocenters. The van der Waals surface area contributed by atoms with Gasteiger partial charge in [-0.1, -0.05) is 18.2 Å². The molecule has 2 rings (SSSR count). The average molecular weight is 332 g/mol. The average Bonchev–Trinajstić information content (AvgIpc) is 2.59. The van der Waals surface area contributed by atoms with Crippen LogP contribution in [0.15, 0.2) is 34.9 Å². The first kappa shape index (κ1) is 16.9. The van der Waals surface area contributed by atoms with E-state index in [0.717, 1.165) is 0 Å². The van der Waals surface area contributed by atoms with Gasteiger partial charge < -0.3 is 14.8 Å². The number of hydrogen-bond acceptors (Lipinski definition) is 6. The van der Waals surface area contributed by atoms with Crippen LogP contribution in [-0.2, 0) is 14.3 Å². The van der Waals surface area contributed by atoms with Crippen LogP contribution in [0.4, 0.5) is 0 Å². The van der Waals surface area contributed by atoms with Crippen LogP contribution < -0.4 is 10.1 Å². The highest BCUT2D eigenvalue weighted by molar-refractivity contribution is 8.02. The summed E-state index contributed by atoms with van der Waals surface area (Å²) in [6, 6.07) is 9.14. The molecule has 1 heterocycles. The zero-order chi connectivity index (χ0) is 17.0. The first-order valence-electron chi connectivity index (χ1n) is 6.78. The van der Waals surface area contributed by atoms with Crippen LogP contribution in [0.25, 0.3) is 0 Å². The molecule has 0 aliphatic carbocycles. The fraction of sp³-hybridized carbons (Fsp3) is 0.312. The van der Waals surface area contributed by atoms with E-state index in [-0.39, 0.29) is 0 Å². The van der Waals surface area contributed by atoms with Gasteiger partial charge in [0.2, 0.25) is 5.91 Å². The van der Waals surface area contributed by atoms with Gasteiger partial charge in [0.15, 0.2) is 0 Å². The number of thioether (sulfide) groups is 1. The van der Waals surface area contributed by atoms with Crippen molar-refractivity contribution in [1.29, 1.82) is 5.26 Å². The van der Waals surface area contributed by atoms with Gasteiger partial charge in [0.1, 0.15) is 11.7 Å². The SMILES string of the molecule is COC(=O)C1C(=O)NC(SC)=C(C#N)C1c1ccccc1OC. The van der Waals surface area contributed by atoms with Crippen molar-refractivity contribution in [1.82, 2.24) is 5.32 Å². The van der Waals surface area contributed by atoms with Crippen LogP contribution in [-0.4, -0.2) is 32.4 Å². The lowest BCUT2D eigenvalue weighted by Gasteiger charge is -2.31. The number of allylic oxidation sites excluding steroid dienone is 1. The molecular formula is C16H16N2O4S. The molecule has 0 saturated heterocycles. The highest BCUT2D eigenvalue weighted by atomic mass is 32.2. The lowest BCUT2D eigenvalue weighted by molar-refractivity contribution is -0.150. The Morgan fingerprint density at radius 2 is 2.04 bits per heavy atom. The summed E-state index contributed by atoms with van der Waals surface area (Å²) < 4.78 is 10.1. The van der Waals surface area contributed by atoms with Gasteiger partial charge in [0.25, 0.3) is 0 Å². The van der Waals surface area contributed by atoms with Gasteiger partial charge in [0, 0.05) is 11.5 Å². The lowest BCUT2D eigenvalue weighted by atomic mass is 9.78. The third-order valence-corrected chi connectivity index (χ3v) is 4.39. The fourth-order valence-corrected chi connectivity index (χ4v) is 3.22. The molecule has 2 atom stereocenters. The molecule has 0 fully saturated rings. The molecule has 0 bridgehead atoms. The van der Waals surface area contributed by atoms with Gasteiger partial charge in [0.05, 0.1) is 30.9 Å². The van der Waals surface area contributed by atoms with Crippen molar-refractivity contribution in [3.05, 3.63) is 40.4 Å². The minimum Gasteiger partial charge on any atom is -0.496 e. The Morgan fingerprint density at radius 3 is 2.61 bits per heavy atom. The number of methoxy groups -OCH3 is 2. The summed E-state index contributed by atoms with van der Waals surface area (Å²) in [5.41, 5.74) is 0.917. The quantitative estimate of drug-likeness (QED) is 0.668. The normalized spacial score (nSPS) is 20.5. The molecule has 0 aromatic heterocycles. The Morgan fingerprint density at radius 1 is 1.35 bits per heavy atom. The minimum atomic E-state index is -1.14. The molecule has 0 saturated carbocycles. The predicted molar refractivity (Wildman–Crippen MR) is 85.5 cm³/mol. The first-order valence-corrected chi connectivity index (χ1v) is 8.01. The third-order valence-electron chi connectivity index (χ3n) is 3.66. The van der Waals surface area contributed by atoms with Gasteiger partial charge in [-0.2, -0.15) is 5.26 Å². The second kappa shape index (κ2) is 7.20. The van der Waals surface area contributed by atoms with Gasteiger partial charge in [-0.3, -0.25) is 9.59 Å². The first-order chi connectivity index (χ1) is 11.1. The number of hydrogen-bond donors (Lipinski definition) is 1. The number of nitrogens with zero attached hydrogens (tertiary/aromatic N) is 1. The van der Waals surface area contributed by atoms with E-state index in [2.05, 4.69) is 11.4 Å². The summed E-state index contributed by atoms with van der Waals surface area (Å²) in [5.74, 6) is -2.56. The number of nitriles is 1. The maximum Gasteiger partial charge on any atom is 0.319 e. The smallest absolute Gasteiger partial charge is 0.319 e. The molecule has 0 radical (unpaired) electrons. The van der Waals surface area contributed by atoms with Gasteiger partial charge in [-0.25, -0.2) is 0 Å². The van der Waals surface area contributed by atoms with E-state index < -0.39 is 23.7 Å². The van der Waals surface area contributed by atoms with Crippen molar-refractivity contribution in [2.75, 3.05) is 20.5 Å². The Kier molecular flexibility index (Phi) is 5.29. The largest absolute Gasteiger partial charge is 0.496 e. The highest BCUT2D eigenvalue weighted by Crippen LogP contribution is 2.42. The number of amides is 1. The second-order valence-electron chi connectivity index (χ2n) is 4.77. The number of carbonyl (C=O) groups is 2. The highest BCUT2D eigenvalue weighted by Gasteiger charge is 2.45. The summed E-state index contributed by atoms with van der Waals surface area (Å²) in [7, 11) is 2.72. The number of carbonyl (C=O) groups excluding carboxylic acids is 2. The Hall–Kier alpha value is -2.46. The fourth-order valence-electron chi connectivity index (χ4n) is 2.63. The topological polar surface area (TPSA) is 88.4 Å². The molecule has 1 aliphatic rings. The molecular weight excluding hydrogens is 316 g/mol.